The SMILES string of the molecule is O=C(O)c1ccc(NC(=O)c2ccncc2)c(Cl)c1. The fourth-order valence-corrected chi connectivity index (χ4v) is 1.68. The van der Waals surface area contributed by atoms with Gasteiger partial charge in [-0.15, -0.1) is 0 Å². The predicted octanol–water partition coefficient (Wildman–Crippen LogP) is 2.69. The number of carbonyl (C=O) groups excluding carboxylic acids is 1. The van der Waals surface area contributed by atoms with E-state index in [1.807, 2.05) is 0 Å². The maximum atomic E-state index is 11.9. The minimum absolute atomic E-state index is 0.0620. The molecule has 0 saturated heterocycles. The molecular weight excluding hydrogens is 268 g/mol. The molecule has 0 spiro atoms. The third-order valence-corrected chi connectivity index (χ3v) is 2.72. The molecule has 2 rings (SSSR count). The minimum atomic E-state index is -1.08. The topological polar surface area (TPSA) is 79.3 Å². The van der Waals surface area contributed by atoms with Crippen molar-refractivity contribution in [2.75, 3.05) is 5.32 Å². The average molecular weight is 277 g/mol. The van der Waals surface area contributed by atoms with Crippen LogP contribution < -0.4 is 5.32 Å². The molecule has 2 N–H and O–H groups in total. The van der Waals surface area contributed by atoms with Crippen LogP contribution in [-0.4, -0.2) is 22.0 Å². The van der Waals surface area contributed by atoms with E-state index in [4.69, 9.17) is 16.7 Å². The number of aromatic carboxylic acids is 1. The van der Waals surface area contributed by atoms with Crippen molar-refractivity contribution in [1.29, 1.82) is 0 Å². The van der Waals surface area contributed by atoms with E-state index in [-0.39, 0.29) is 16.5 Å². The Bertz CT molecular complexity index is 629. The van der Waals surface area contributed by atoms with Gasteiger partial charge in [0.1, 0.15) is 0 Å². The lowest BCUT2D eigenvalue weighted by molar-refractivity contribution is 0.0696. The van der Waals surface area contributed by atoms with Crippen LogP contribution in [0.15, 0.2) is 42.7 Å². The molecule has 6 heteroatoms. The first-order valence-electron chi connectivity index (χ1n) is 5.32. The van der Waals surface area contributed by atoms with Gasteiger partial charge in [0.15, 0.2) is 0 Å². The van der Waals surface area contributed by atoms with Crippen LogP contribution in [0.4, 0.5) is 5.69 Å². The number of benzene rings is 1. The highest BCUT2D eigenvalue weighted by Gasteiger charge is 2.10. The van der Waals surface area contributed by atoms with E-state index in [0.717, 1.165) is 0 Å². The lowest BCUT2D eigenvalue weighted by Crippen LogP contribution is -2.12. The van der Waals surface area contributed by atoms with Gasteiger partial charge in [0.25, 0.3) is 5.91 Å². The molecular formula is C13H9ClN2O3. The molecule has 0 bridgehead atoms. The van der Waals surface area contributed by atoms with Crippen molar-refractivity contribution < 1.29 is 14.7 Å². The lowest BCUT2D eigenvalue weighted by Gasteiger charge is -2.07. The molecule has 0 atom stereocenters. The maximum Gasteiger partial charge on any atom is 0.335 e. The normalized spacial score (nSPS) is 9.95. The first-order chi connectivity index (χ1) is 9.08. The molecule has 0 saturated carbocycles. The number of halogens is 1. The Morgan fingerprint density at radius 3 is 2.37 bits per heavy atom. The summed E-state index contributed by atoms with van der Waals surface area (Å²) in [6.07, 6.45) is 3.01. The fourth-order valence-electron chi connectivity index (χ4n) is 1.45. The van der Waals surface area contributed by atoms with E-state index < -0.39 is 5.97 Å². The van der Waals surface area contributed by atoms with Gasteiger partial charge in [-0.25, -0.2) is 4.79 Å². The zero-order valence-electron chi connectivity index (χ0n) is 9.63. The summed E-state index contributed by atoms with van der Waals surface area (Å²) in [7, 11) is 0. The van der Waals surface area contributed by atoms with Gasteiger partial charge in [0.2, 0.25) is 0 Å². The standard InChI is InChI=1S/C13H9ClN2O3/c14-10-7-9(13(18)19)1-2-11(10)16-12(17)8-3-5-15-6-4-8/h1-7H,(H,16,17)(H,18,19). The monoisotopic (exact) mass is 276 g/mol. The predicted molar refractivity (Wildman–Crippen MR) is 70.6 cm³/mol. The summed E-state index contributed by atoms with van der Waals surface area (Å²) in [5.41, 5.74) is 0.855. The second-order valence-corrected chi connectivity index (χ2v) is 4.10. The number of nitrogens with zero attached hydrogens (tertiary/aromatic N) is 1. The number of carboxylic acids is 1. The quantitative estimate of drug-likeness (QED) is 0.903. The van der Waals surface area contributed by atoms with Gasteiger partial charge < -0.3 is 10.4 Å². The number of pyridine rings is 1. The molecule has 0 aliphatic heterocycles. The van der Waals surface area contributed by atoms with Crippen LogP contribution >= 0.6 is 11.6 Å². The maximum absolute atomic E-state index is 11.9. The van der Waals surface area contributed by atoms with Crippen LogP contribution in [0.2, 0.25) is 5.02 Å². The Morgan fingerprint density at radius 1 is 1.11 bits per heavy atom. The third kappa shape index (κ3) is 3.08. The Morgan fingerprint density at radius 2 is 1.79 bits per heavy atom. The van der Waals surface area contributed by atoms with Crippen molar-refractivity contribution >= 4 is 29.2 Å². The lowest BCUT2D eigenvalue weighted by atomic mass is 10.2. The molecule has 1 aromatic carbocycles. The van der Waals surface area contributed by atoms with Crippen LogP contribution in [0.1, 0.15) is 20.7 Å². The summed E-state index contributed by atoms with van der Waals surface area (Å²) in [4.78, 5) is 26.4. The molecule has 1 heterocycles. The number of hydrogen-bond donors (Lipinski definition) is 2. The zero-order valence-corrected chi connectivity index (χ0v) is 10.4. The Balaban J connectivity index is 2.20. The van der Waals surface area contributed by atoms with Crippen LogP contribution in [0, 0.1) is 0 Å². The molecule has 0 aliphatic carbocycles. The third-order valence-electron chi connectivity index (χ3n) is 2.41. The number of anilines is 1. The summed E-state index contributed by atoms with van der Waals surface area (Å²) in [6, 6.07) is 7.23. The number of carboxylic acid groups (broad SMARTS) is 1. The zero-order chi connectivity index (χ0) is 13.8. The Kier molecular flexibility index (Phi) is 3.77. The molecule has 2 aromatic rings. The van der Waals surface area contributed by atoms with Crippen molar-refractivity contribution in [3.63, 3.8) is 0 Å². The van der Waals surface area contributed by atoms with Gasteiger partial charge in [-0.05, 0) is 30.3 Å². The van der Waals surface area contributed by atoms with Crippen molar-refractivity contribution in [2.24, 2.45) is 0 Å². The molecule has 1 amide bonds. The van der Waals surface area contributed by atoms with E-state index in [1.165, 1.54) is 30.6 Å². The number of hydrogen-bond acceptors (Lipinski definition) is 3. The number of aromatic nitrogens is 1. The van der Waals surface area contributed by atoms with Crippen LogP contribution in [0.3, 0.4) is 0 Å². The number of carbonyl (C=O) groups is 2. The number of rotatable bonds is 3. The Hall–Kier alpha value is -2.40. The molecule has 0 fully saturated rings. The first kappa shape index (κ1) is 13.0. The second-order valence-electron chi connectivity index (χ2n) is 3.69. The fraction of sp³-hybridized carbons (Fsp3) is 0. The van der Waals surface area contributed by atoms with Gasteiger partial charge in [-0.3, -0.25) is 9.78 Å². The number of amides is 1. The summed E-state index contributed by atoms with van der Waals surface area (Å²) in [5.74, 6) is -1.42. The van der Waals surface area contributed by atoms with Crippen LogP contribution in [0.5, 0.6) is 0 Å². The smallest absolute Gasteiger partial charge is 0.335 e. The molecule has 1 aromatic heterocycles. The van der Waals surface area contributed by atoms with E-state index in [2.05, 4.69) is 10.3 Å². The highest BCUT2D eigenvalue weighted by molar-refractivity contribution is 6.34. The Labute approximate surface area is 113 Å². The van der Waals surface area contributed by atoms with Gasteiger partial charge >= 0.3 is 5.97 Å². The highest BCUT2D eigenvalue weighted by Crippen LogP contribution is 2.23. The molecule has 0 unspecified atom stereocenters. The first-order valence-corrected chi connectivity index (χ1v) is 5.70. The van der Waals surface area contributed by atoms with Gasteiger partial charge in [-0.2, -0.15) is 0 Å². The summed E-state index contributed by atoms with van der Waals surface area (Å²) < 4.78 is 0. The highest BCUT2D eigenvalue weighted by atomic mass is 35.5. The molecule has 0 radical (unpaired) electrons. The van der Waals surface area contributed by atoms with Crippen molar-refractivity contribution in [3.8, 4) is 0 Å². The molecule has 96 valence electrons. The second kappa shape index (κ2) is 5.49. The minimum Gasteiger partial charge on any atom is -0.478 e. The molecule has 19 heavy (non-hydrogen) atoms. The van der Waals surface area contributed by atoms with E-state index >= 15 is 0 Å². The summed E-state index contributed by atoms with van der Waals surface area (Å²) in [5, 5.41) is 11.6. The van der Waals surface area contributed by atoms with Gasteiger partial charge in [0.05, 0.1) is 16.3 Å². The van der Waals surface area contributed by atoms with E-state index in [9.17, 15) is 9.59 Å². The largest absolute Gasteiger partial charge is 0.478 e. The van der Waals surface area contributed by atoms with Crippen molar-refractivity contribution in [3.05, 3.63) is 58.9 Å². The van der Waals surface area contributed by atoms with Gasteiger partial charge in [0, 0.05) is 18.0 Å². The van der Waals surface area contributed by atoms with Crippen LogP contribution in [-0.2, 0) is 0 Å². The van der Waals surface area contributed by atoms with Gasteiger partial charge in [-0.1, -0.05) is 11.6 Å². The number of nitrogens with one attached hydrogen (secondary N) is 1. The molecule has 0 aliphatic rings. The van der Waals surface area contributed by atoms with Crippen molar-refractivity contribution in [2.45, 2.75) is 0 Å². The van der Waals surface area contributed by atoms with Crippen LogP contribution in [0.25, 0.3) is 0 Å². The summed E-state index contributed by atoms with van der Waals surface area (Å²) >= 11 is 5.91. The van der Waals surface area contributed by atoms with E-state index in [1.54, 1.807) is 12.1 Å². The van der Waals surface area contributed by atoms with E-state index in [0.29, 0.717) is 11.3 Å². The van der Waals surface area contributed by atoms with Crippen molar-refractivity contribution in [1.82, 2.24) is 4.98 Å². The molecule has 5 nitrogen and oxygen atoms in total. The average Bonchev–Trinajstić information content (AvgIpc) is 2.41. The summed E-state index contributed by atoms with van der Waals surface area (Å²) in [6.45, 7) is 0.